The van der Waals surface area contributed by atoms with Gasteiger partial charge in [0, 0.05) is 32.2 Å². The first-order valence-electron chi connectivity index (χ1n) is 9.56. The van der Waals surface area contributed by atoms with Crippen molar-refractivity contribution in [1.29, 1.82) is 0 Å². The van der Waals surface area contributed by atoms with Gasteiger partial charge in [0.05, 0.1) is 13.0 Å². The van der Waals surface area contributed by atoms with Gasteiger partial charge in [-0.25, -0.2) is 0 Å². The van der Waals surface area contributed by atoms with E-state index in [0.29, 0.717) is 25.9 Å². The summed E-state index contributed by atoms with van der Waals surface area (Å²) < 4.78 is 33.8. The third kappa shape index (κ3) is 4.80. The van der Waals surface area contributed by atoms with Gasteiger partial charge in [-0.15, -0.1) is 0 Å². The molecule has 3 atom stereocenters. The first-order chi connectivity index (χ1) is 12.9. The number of hydrogen-bond acceptors (Lipinski definition) is 4. The highest BCUT2D eigenvalue weighted by Gasteiger charge is 2.45. The van der Waals surface area contributed by atoms with E-state index in [4.69, 9.17) is 4.74 Å². The van der Waals surface area contributed by atoms with E-state index >= 15 is 0 Å². The van der Waals surface area contributed by atoms with Gasteiger partial charge >= 0.3 is 0 Å². The van der Waals surface area contributed by atoms with Crippen LogP contribution in [0, 0.1) is 0 Å². The minimum atomic E-state index is -3.42. The van der Waals surface area contributed by atoms with Crippen LogP contribution in [-0.2, 0) is 15.0 Å². The number of carbonyl (C=O) groups is 1. The van der Waals surface area contributed by atoms with Crippen LogP contribution in [0.3, 0.4) is 0 Å². The standard InChI is InChI=1S/C19H29N3O4S/c1-21(2)27(24,25)22-16-7-6-8-17(22)14-15(13-16)20-19(23)11-12-26-18-9-4-3-5-10-18/h3-5,9-10,15-17H,6-8,11-14H2,1-2H3,(H,20,23)/t15?,16-,17+. The minimum absolute atomic E-state index is 0.0261. The van der Waals surface area contributed by atoms with Crippen LogP contribution >= 0.6 is 0 Å². The normalized spacial score (nSPS) is 26.0. The molecule has 1 N–H and O–H groups in total. The number of nitrogens with one attached hydrogen (secondary N) is 1. The smallest absolute Gasteiger partial charge is 0.281 e. The molecule has 0 radical (unpaired) electrons. The lowest BCUT2D eigenvalue weighted by atomic mass is 9.84. The van der Waals surface area contributed by atoms with E-state index < -0.39 is 10.2 Å². The first kappa shape index (κ1) is 20.1. The summed E-state index contributed by atoms with van der Waals surface area (Å²) in [6.45, 7) is 0.330. The molecule has 8 heteroatoms. The number of carbonyl (C=O) groups excluding carboxylic acids is 1. The molecule has 1 unspecified atom stereocenters. The Morgan fingerprint density at radius 3 is 2.41 bits per heavy atom. The molecule has 2 aliphatic heterocycles. The van der Waals surface area contributed by atoms with E-state index in [0.717, 1.165) is 25.0 Å². The summed E-state index contributed by atoms with van der Waals surface area (Å²) >= 11 is 0. The maximum absolute atomic E-state index is 12.7. The van der Waals surface area contributed by atoms with Gasteiger partial charge < -0.3 is 10.1 Å². The monoisotopic (exact) mass is 395 g/mol. The van der Waals surface area contributed by atoms with E-state index in [9.17, 15) is 13.2 Å². The van der Waals surface area contributed by atoms with E-state index in [1.54, 1.807) is 18.4 Å². The summed E-state index contributed by atoms with van der Waals surface area (Å²) in [7, 11) is -0.272. The van der Waals surface area contributed by atoms with Crippen molar-refractivity contribution in [1.82, 2.24) is 13.9 Å². The summed E-state index contributed by atoms with van der Waals surface area (Å²) in [4.78, 5) is 12.3. The van der Waals surface area contributed by atoms with Crippen molar-refractivity contribution in [3.8, 4) is 5.75 Å². The van der Waals surface area contributed by atoms with Gasteiger partial charge in [0.2, 0.25) is 5.91 Å². The lowest BCUT2D eigenvalue weighted by Crippen LogP contribution is -2.60. The molecule has 0 saturated carbocycles. The summed E-state index contributed by atoms with van der Waals surface area (Å²) in [6, 6.07) is 9.39. The maximum atomic E-state index is 12.7. The second-order valence-electron chi connectivity index (χ2n) is 7.51. The molecule has 1 aromatic carbocycles. The van der Waals surface area contributed by atoms with E-state index in [2.05, 4.69) is 5.32 Å². The molecule has 0 spiro atoms. The molecule has 27 heavy (non-hydrogen) atoms. The third-order valence-corrected chi connectivity index (χ3v) is 7.39. The third-order valence-electron chi connectivity index (χ3n) is 5.34. The number of para-hydroxylation sites is 1. The topological polar surface area (TPSA) is 79.0 Å². The van der Waals surface area contributed by atoms with Crippen LogP contribution in [0.5, 0.6) is 5.75 Å². The fourth-order valence-electron chi connectivity index (χ4n) is 4.10. The molecule has 150 valence electrons. The summed E-state index contributed by atoms with van der Waals surface area (Å²) in [5.41, 5.74) is 0. The van der Waals surface area contributed by atoms with Gasteiger partial charge in [-0.2, -0.15) is 17.0 Å². The number of nitrogens with zero attached hydrogens (tertiary/aromatic N) is 2. The van der Waals surface area contributed by atoms with Crippen molar-refractivity contribution in [2.24, 2.45) is 0 Å². The number of hydrogen-bond donors (Lipinski definition) is 1. The Morgan fingerprint density at radius 2 is 1.81 bits per heavy atom. The molecule has 0 aromatic heterocycles. The predicted octanol–water partition coefficient (Wildman–Crippen LogP) is 1.76. The molecule has 3 rings (SSSR count). The van der Waals surface area contributed by atoms with Crippen molar-refractivity contribution >= 4 is 16.1 Å². The predicted molar refractivity (Wildman–Crippen MR) is 104 cm³/mol. The second-order valence-corrected chi connectivity index (χ2v) is 9.55. The molecule has 1 amide bonds. The molecule has 2 saturated heterocycles. The van der Waals surface area contributed by atoms with Gasteiger partial charge in [0.15, 0.2) is 0 Å². The number of amides is 1. The van der Waals surface area contributed by atoms with Crippen LogP contribution in [-0.4, -0.2) is 61.8 Å². The van der Waals surface area contributed by atoms with Crippen molar-refractivity contribution in [3.63, 3.8) is 0 Å². The van der Waals surface area contributed by atoms with Gasteiger partial charge in [-0.3, -0.25) is 4.79 Å². The Hall–Kier alpha value is -1.64. The fourth-order valence-corrected chi connectivity index (χ4v) is 5.61. The van der Waals surface area contributed by atoms with Crippen LogP contribution < -0.4 is 10.1 Å². The maximum Gasteiger partial charge on any atom is 0.281 e. The van der Waals surface area contributed by atoms with Crippen molar-refractivity contribution in [2.45, 2.75) is 56.7 Å². The SMILES string of the molecule is CN(C)S(=O)(=O)N1[C@@H]2CCC[C@H]1CC(NC(=O)CCOc1ccccc1)C2. The van der Waals surface area contributed by atoms with E-state index in [-0.39, 0.29) is 24.0 Å². The van der Waals surface area contributed by atoms with Gasteiger partial charge in [0.1, 0.15) is 5.75 Å². The Bertz CT molecular complexity index is 725. The van der Waals surface area contributed by atoms with Crippen molar-refractivity contribution in [2.75, 3.05) is 20.7 Å². The largest absolute Gasteiger partial charge is 0.493 e. The van der Waals surface area contributed by atoms with Crippen LogP contribution in [0.25, 0.3) is 0 Å². The molecule has 2 fully saturated rings. The lowest BCUT2D eigenvalue weighted by molar-refractivity contribution is -0.122. The first-order valence-corrected chi connectivity index (χ1v) is 11.0. The van der Waals surface area contributed by atoms with Crippen LogP contribution in [0.1, 0.15) is 38.5 Å². The van der Waals surface area contributed by atoms with Crippen LogP contribution in [0.15, 0.2) is 30.3 Å². The highest BCUT2D eigenvalue weighted by atomic mass is 32.2. The summed E-state index contributed by atoms with van der Waals surface area (Å²) in [6.07, 6.45) is 4.39. The Morgan fingerprint density at radius 1 is 1.19 bits per heavy atom. The van der Waals surface area contributed by atoms with Crippen molar-refractivity contribution < 1.29 is 17.9 Å². The Labute approximate surface area is 161 Å². The molecule has 2 aliphatic rings. The minimum Gasteiger partial charge on any atom is -0.493 e. The van der Waals surface area contributed by atoms with Gasteiger partial charge in [-0.05, 0) is 37.8 Å². The number of fused-ring (bicyclic) bond motifs is 2. The van der Waals surface area contributed by atoms with Gasteiger partial charge in [0.25, 0.3) is 10.2 Å². The average molecular weight is 396 g/mol. The zero-order valence-corrected chi connectivity index (χ0v) is 16.8. The summed E-state index contributed by atoms with van der Waals surface area (Å²) in [5.74, 6) is 0.708. The van der Waals surface area contributed by atoms with Gasteiger partial charge in [-0.1, -0.05) is 24.6 Å². The summed E-state index contributed by atoms with van der Waals surface area (Å²) in [5, 5.41) is 3.08. The lowest BCUT2D eigenvalue weighted by Gasteiger charge is -2.48. The zero-order valence-electron chi connectivity index (χ0n) is 16.0. The Kier molecular flexibility index (Phi) is 6.39. The number of rotatable bonds is 7. The number of benzene rings is 1. The highest BCUT2D eigenvalue weighted by molar-refractivity contribution is 7.86. The van der Waals surface area contributed by atoms with Crippen LogP contribution in [0.2, 0.25) is 0 Å². The molecular weight excluding hydrogens is 366 g/mol. The van der Waals surface area contributed by atoms with Crippen LogP contribution in [0.4, 0.5) is 0 Å². The highest BCUT2D eigenvalue weighted by Crippen LogP contribution is 2.36. The number of piperidine rings is 2. The molecule has 2 heterocycles. The second kappa shape index (κ2) is 8.58. The molecule has 1 aromatic rings. The van der Waals surface area contributed by atoms with Crippen molar-refractivity contribution in [3.05, 3.63) is 30.3 Å². The number of ether oxygens (including phenoxy) is 1. The molecule has 0 aliphatic carbocycles. The van der Waals surface area contributed by atoms with E-state index in [1.807, 2.05) is 30.3 Å². The Balaban J connectivity index is 1.52. The molecule has 7 nitrogen and oxygen atoms in total. The molecular formula is C19H29N3O4S. The average Bonchev–Trinajstić information content (AvgIpc) is 2.61. The van der Waals surface area contributed by atoms with E-state index in [1.165, 1.54) is 4.31 Å². The fraction of sp³-hybridized carbons (Fsp3) is 0.632. The zero-order chi connectivity index (χ0) is 19.4. The quantitative estimate of drug-likeness (QED) is 0.763. The molecule has 2 bridgehead atoms.